The predicted octanol–water partition coefficient (Wildman–Crippen LogP) is 4.20. The molecule has 0 spiro atoms. The molecule has 8 heteroatoms. The zero-order valence-electron chi connectivity index (χ0n) is 11.3. The van der Waals surface area contributed by atoms with Gasteiger partial charge in [0, 0.05) is 5.02 Å². The molecule has 4 nitrogen and oxygen atoms in total. The van der Waals surface area contributed by atoms with Gasteiger partial charge in [-0.3, -0.25) is 4.72 Å². The minimum absolute atomic E-state index is 0.0196. The standard InChI is InChI=1S/C14H10ClFN2O2S2/c1-8-6-10(16)3-5-13(8)22(19,20)18-14-17-11-4-2-9(15)7-12(11)21-14/h2-7H,1H3,(H,17,18). The summed E-state index contributed by atoms with van der Waals surface area (Å²) in [4.78, 5) is 4.23. The highest BCUT2D eigenvalue weighted by molar-refractivity contribution is 7.93. The second-order valence-corrected chi connectivity index (χ2v) is 7.76. The van der Waals surface area contributed by atoms with Gasteiger partial charge in [-0.2, -0.15) is 0 Å². The average molecular weight is 357 g/mol. The van der Waals surface area contributed by atoms with Crippen LogP contribution in [-0.4, -0.2) is 13.4 Å². The van der Waals surface area contributed by atoms with Crippen LogP contribution in [0.2, 0.25) is 5.02 Å². The van der Waals surface area contributed by atoms with Crippen molar-refractivity contribution in [3.05, 3.63) is 52.8 Å². The first-order chi connectivity index (χ1) is 10.3. The van der Waals surface area contributed by atoms with E-state index in [1.807, 2.05) is 0 Å². The molecule has 0 unspecified atom stereocenters. The number of halogens is 2. The minimum atomic E-state index is -3.82. The van der Waals surface area contributed by atoms with Crippen LogP contribution in [0.4, 0.5) is 9.52 Å². The van der Waals surface area contributed by atoms with E-state index in [1.165, 1.54) is 30.4 Å². The number of sulfonamides is 1. The third-order valence-electron chi connectivity index (χ3n) is 3.00. The number of hydrogen-bond donors (Lipinski definition) is 1. The third-order valence-corrected chi connectivity index (χ3v) is 5.80. The van der Waals surface area contributed by atoms with Gasteiger partial charge in [0.05, 0.1) is 15.1 Å². The number of rotatable bonds is 3. The summed E-state index contributed by atoms with van der Waals surface area (Å²) >= 11 is 7.08. The highest BCUT2D eigenvalue weighted by atomic mass is 35.5. The van der Waals surface area contributed by atoms with Crippen LogP contribution in [0, 0.1) is 12.7 Å². The van der Waals surface area contributed by atoms with Crippen LogP contribution < -0.4 is 4.72 Å². The van der Waals surface area contributed by atoms with Gasteiger partial charge in [-0.25, -0.2) is 17.8 Å². The van der Waals surface area contributed by atoms with Gasteiger partial charge in [0.2, 0.25) is 0 Å². The molecule has 1 aromatic heterocycles. The Kier molecular flexibility index (Phi) is 3.80. The van der Waals surface area contributed by atoms with Crippen molar-refractivity contribution in [1.29, 1.82) is 0 Å². The molecule has 0 aliphatic rings. The molecular formula is C14H10ClFN2O2S2. The summed E-state index contributed by atoms with van der Waals surface area (Å²) in [7, 11) is -3.82. The van der Waals surface area contributed by atoms with Crippen molar-refractivity contribution >= 4 is 48.3 Å². The van der Waals surface area contributed by atoms with Gasteiger partial charge in [0.15, 0.2) is 5.13 Å². The van der Waals surface area contributed by atoms with Gasteiger partial charge in [0.25, 0.3) is 10.0 Å². The fourth-order valence-corrected chi connectivity index (χ4v) is 4.63. The number of fused-ring (bicyclic) bond motifs is 1. The van der Waals surface area contributed by atoms with Crippen LogP contribution in [0.5, 0.6) is 0 Å². The monoisotopic (exact) mass is 356 g/mol. The Labute approximate surface area is 135 Å². The Balaban J connectivity index is 1.99. The molecular weight excluding hydrogens is 347 g/mol. The molecule has 0 saturated carbocycles. The summed E-state index contributed by atoms with van der Waals surface area (Å²) in [6.45, 7) is 1.54. The zero-order valence-corrected chi connectivity index (χ0v) is 13.7. The van der Waals surface area contributed by atoms with E-state index in [2.05, 4.69) is 9.71 Å². The second-order valence-electron chi connectivity index (χ2n) is 4.65. The number of nitrogens with zero attached hydrogens (tertiary/aromatic N) is 1. The lowest BCUT2D eigenvalue weighted by molar-refractivity contribution is 0.598. The van der Waals surface area contributed by atoms with Crippen LogP contribution in [0.3, 0.4) is 0 Å². The molecule has 0 bridgehead atoms. The van der Waals surface area contributed by atoms with Crippen molar-refractivity contribution in [3.8, 4) is 0 Å². The lowest BCUT2D eigenvalue weighted by Gasteiger charge is -2.07. The first-order valence-electron chi connectivity index (χ1n) is 6.20. The Morgan fingerprint density at radius 2 is 2.00 bits per heavy atom. The lowest BCUT2D eigenvalue weighted by atomic mass is 10.2. The van der Waals surface area contributed by atoms with E-state index in [-0.39, 0.29) is 10.0 Å². The van der Waals surface area contributed by atoms with Crippen molar-refractivity contribution < 1.29 is 12.8 Å². The van der Waals surface area contributed by atoms with Crippen molar-refractivity contribution in [3.63, 3.8) is 0 Å². The maximum Gasteiger partial charge on any atom is 0.263 e. The number of anilines is 1. The van der Waals surface area contributed by atoms with E-state index in [0.717, 1.165) is 10.8 Å². The van der Waals surface area contributed by atoms with Gasteiger partial charge >= 0.3 is 0 Å². The van der Waals surface area contributed by atoms with Gasteiger partial charge < -0.3 is 0 Å². The number of thiazole rings is 1. The predicted molar refractivity (Wildman–Crippen MR) is 86.6 cm³/mol. The molecule has 0 saturated heterocycles. The van der Waals surface area contributed by atoms with Crippen LogP contribution in [-0.2, 0) is 10.0 Å². The Morgan fingerprint density at radius 3 is 2.73 bits per heavy atom. The van der Waals surface area contributed by atoms with Gasteiger partial charge in [0.1, 0.15) is 5.82 Å². The summed E-state index contributed by atoms with van der Waals surface area (Å²) in [6, 6.07) is 8.64. The molecule has 0 fully saturated rings. The Bertz CT molecular complexity index is 970. The molecule has 114 valence electrons. The van der Waals surface area contributed by atoms with E-state index in [4.69, 9.17) is 11.6 Å². The Hall–Kier alpha value is -1.70. The zero-order chi connectivity index (χ0) is 15.9. The molecule has 1 N–H and O–H groups in total. The Morgan fingerprint density at radius 1 is 1.23 bits per heavy atom. The van der Waals surface area contributed by atoms with Crippen molar-refractivity contribution in [2.24, 2.45) is 0 Å². The molecule has 3 aromatic rings. The summed E-state index contributed by atoms with van der Waals surface area (Å²) in [5.41, 5.74) is 0.986. The first kappa shape index (κ1) is 15.2. The van der Waals surface area contributed by atoms with E-state index in [9.17, 15) is 12.8 Å². The van der Waals surface area contributed by atoms with Gasteiger partial charge in [-0.05, 0) is 48.9 Å². The van der Waals surface area contributed by atoms with Gasteiger partial charge in [-0.1, -0.05) is 22.9 Å². The van der Waals surface area contributed by atoms with Crippen LogP contribution in [0.25, 0.3) is 10.2 Å². The van der Waals surface area contributed by atoms with Crippen LogP contribution in [0.1, 0.15) is 5.56 Å². The SMILES string of the molecule is Cc1cc(F)ccc1S(=O)(=O)Nc1nc2ccc(Cl)cc2s1. The molecule has 22 heavy (non-hydrogen) atoms. The lowest BCUT2D eigenvalue weighted by Crippen LogP contribution is -2.14. The molecule has 0 radical (unpaired) electrons. The molecule has 1 heterocycles. The summed E-state index contributed by atoms with van der Waals surface area (Å²) in [6.07, 6.45) is 0. The fourth-order valence-electron chi connectivity index (χ4n) is 2.03. The maximum absolute atomic E-state index is 13.1. The molecule has 0 aliphatic heterocycles. The summed E-state index contributed by atoms with van der Waals surface area (Å²) < 4.78 is 41.1. The largest absolute Gasteiger partial charge is 0.263 e. The van der Waals surface area contributed by atoms with Gasteiger partial charge in [-0.15, -0.1) is 0 Å². The second kappa shape index (κ2) is 5.49. The number of aromatic nitrogens is 1. The fraction of sp³-hybridized carbons (Fsp3) is 0.0714. The van der Waals surface area contributed by atoms with Crippen LogP contribution >= 0.6 is 22.9 Å². The van der Waals surface area contributed by atoms with Crippen molar-refractivity contribution in [2.75, 3.05) is 4.72 Å². The summed E-state index contributed by atoms with van der Waals surface area (Å²) in [5, 5.41) is 0.793. The number of hydrogen-bond acceptors (Lipinski definition) is 4. The number of aryl methyl sites for hydroxylation is 1. The average Bonchev–Trinajstić information content (AvgIpc) is 2.78. The van der Waals surface area contributed by atoms with E-state index >= 15 is 0 Å². The third kappa shape index (κ3) is 2.92. The first-order valence-corrected chi connectivity index (χ1v) is 8.88. The normalized spacial score (nSPS) is 11.8. The van der Waals surface area contributed by atoms with Crippen LogP contribution in [0.15, 0.2) is 41.3 Å². The minimum Gasteiger partial charge on any atom is -0.255 e. The topological polar surface area (TPSA) is 59.1 Å². The maximum atomic E-state index is 13.1. The quantitative estimate of drug-likeness (QED) is 0.765. The smallest absolute Gasteiger partial charge is 0.255 e. The molecule has 0 aliphatic carbocycles. The molecule has 2 aromatic carbocycles. The summed E-state index contributed by atoms with van der Waals surface area (Å²) in [5.74, 6) is -0.480. The highest BCUT2D eigenvalue weighted by Crippen LogP contribution is 2.30. The van der Waals surface area contributed by atoms with E-state index in [1.54, 1.807) is 18.2 Å². The molecule has 0 atom stereocenters. The van der Waals surface area contributed by atoms with E-state index < -0.39 is 15.8 Å². The number of benzene rings is 2. The van der Waals surface area contributed by atoms with Crippen molar-refractivity contribution in [2.45, 2.75) is 11.8 Å². The highest BCUT2D eigenvalue weighted by Gasteiger charge is 2.19. The van der Waals surface area contributed by atoms with Crippen molar-refractivity contribution in [1.82, 2.24) is 4.98 Å². The molecule has 3 rings (SSSR count). The number of nitrogens with one attached hydrogen (secondary N) is 1. The molecule has 0 amide bonds. The van der Waals surface area contributed by atoms with E-state index in [0.29, 0.717) is 16.1 Å².